The summed E-state index contributed by atoms with van der Waals surface area (Å²) < 4.78 is 26.1. The van der Waals surface area contributed by atoms with Gasteiger partial charge in [-0.1, -0.05) is 48.5 Å². The van der Waals surface area contributed by atoms with Gasteiger partial charge >= 0.3 is 11.9 Å². The van der Waals surface area contributed by atoms with Gasteiger partial charge in [-0.3, -0.25) is 24.0 Å². The summed E-state index contributed by atoms with van der Waals surface area (Å²) in [5, 5.41) is 17.4. The Labute approximate surface area is 338 Å². The molecular weight excluding hydrogens is 833 g/mol. The number of aliphatic hydroxyl groups excluding tert-OH is 1. The lowest BCUT2D eigenvalue weighted by Gasteiger charge is -2.48. The normalized spacial score (nSPS) is 27.6. The van der Waals surface area contributed by atoms with Crippen molar-refractivity contribution >= 4 is 46.3 Å². The molecule has 0 aromatic heterocycles. The number of halogens is 1. The zero-order valence-corrected chi connectivity index (χ0v) is 33.7. The summed E-state index contributed by atoms with van der Waals surface area (Å²) in [6.45, 7) is 5.27. The number of hydrogen-bond acceptors (Lipinski definition) is 11. The number of rotatable bonds is 11. The topological polar surface area (TPSA) is 162 Å². The zero-order chi connectivity index (χ0) is 39.4. The lowest BCUT2D eigenvalue weighted by molar-refractivity contribution is -0.217. The summed E-state index contributed by atoms with van der Waals surface area (Å²) in [4.78, 5) is 61.0. The summed E-state index contributed by atoms with van der Waals surface area (Å²) in [6, 6.07) is 21.1. The Kier molecular flexibility index (Phi) is 10.5. The van der Waals surface area contributed by atoms with Crippen molar-refractivity contribution in [3.63, 3.8) is 0 Å². The monoisotopic (exact) mass is 879 g/mol. The van der Waals surface area contributed by atoms with Gasteiger partial charge in [0.15, 0.2) is 11.8 Å². The summed E-state index contributed by atoms with van der Waals surface area (Å²) in [5.41, 5.74) is 2.14. The number of amides is 2. The number of hydroxylamine groups is 2. The van der Waals surface area contributed by atoms with Gasteiger partial charge in [-0.15, -0.1) is 0 Å². The minimum atomic E-state index is -1.36. The lowest BCUT2D eigenvalue weighted by atomic mass is 9.62. The van der Waals surface area contributed by atoms with E-state index in [0.29, 0.717) is 24.0 Å². The molecule has 3 aromatic carbocycles. The third kappa shape index (κ3) is 7.47. The predicted molar refractivity (Wildman–Crippen MR) is 208 cm³/mol. The Bertz CT molecular complexity index is 2010. The van der Waals surface area contributed by atoms with Gasteiger partial charge in [-0.05, 0) is 96.3 Å². The average molecular weight is 880 g/mol. The summed E-state index contributed by atoms with van der Waals surface area (Å²) in [7, 11) is 0. The van der Waals surface area contributed by atoms with Gasteiger partial charge in [-0.25, -0.2) is 0 Å². The van der Waals surface area contributed by atoms with Crippen molar-refractivity contribution in [2.24, 2.45) is 5.41 Å². The van der Waals surface area contributed by atoms with E-state index in [4.69, 9.17) is 23.8 Å². The van der Waals surface area contributed by atoms with Crippen molar-refractivity contribution in [1.29, 1.82) is 0 Å². The highest BCUT2D eigenvalue weighted by Crippen LogP contribution is 2.58. The molecule has 14 heteroatoms. The molecule has 13 nitrogen and oxygen atoms in total. The van der Waals surface area contributed by atoms with Gasteiger partial charge in [0.1, 0.15) is 35.4 Å². The van der Waals surface area contributed by atoms with E-state index >= 15 is 0 Å². The van der Waals surface area contributed by atoms with Crippen molar-refractivity contribution in [3.05, 3.63) is 104 Å². The van der Waals surface area contributed by atoms with Gasteiger partial charge in [0.25, 0.3) is 5.91 Å². The quantitative estimate of drug-likeness (QED) is 0.189. The fourth-order valence-corrected chi connectivity index (χ4v) is 9.51. The van der Waals surface area contributed by atoms with Gasteiger partial charge in [0.05, 0.1) is 19.2 Å². The molecule has 296 valence electrons. The molecule has 1 saturated carbocycles. The fourth-order valence-electron chi connectivity index (χ4n) is 8.91. The lowest BCUT2D eigenvalue weighted by Crippen LogP contribution is -2.69. The third-order valence-corrected chi connectivity index (χ3v) is 11.9. The van der Waals surface area contributed by atoms with E-state index < -0.39 is 71.1 Å². The Morgan fingerprint density at radius 3 is 2.41 bits per heavy atom. The van der Waals surface area contributed by atoms with Crippen LogP contribution in [0.5, 0.6) is 0 Å². The number of aliphatic hydroxyl groups is 1. The molecule has 3 aromatic rings. The van der Waals surface area contributed by atoms with Crippen LogP contribution >= 0.6 is 22.6 Å². The number of nitrogens with zero attached hydrogens (tertiary/aromatic N) is 1. The average Bonchev–Trinajstić information content (AvgIpc) is 3.83. The highest BCUT2D eigenvalue weighted by Gasteiger charge is 2.76. The molecule has 4 fully saturated rings. The van der Waals surface area contributed by atoms with Gasteiger partial charge in [0.2, 0.25) is 5.91 Å². The van der Waals surface area contributed by atoms with E-state index in [-0.39, 0.29) is 44.9 Å². The Morgan fingerprint density at radius 1 is 0.982 bits per heavy atom. The minimum Gasteiger partial charge on any atom is -0.460 e. The van der Waals surface area contributed by atoms with Crippen LogP contribution < -0.4 is 10.6 Å². The number of benzene rings is 3. The second-order valence-corrected chi connectivity index (χ2v) is 17.7. The molecule has 7 atom stereocenters. The highest BCUT2D eigenvalue weighted by molar-refractivity contribution is 14.1. The molecule has 2 aliphatic carbocycles. The first-order chi connectivity index (χ1) is 26.8. The third-order valence-electron chi connectivity index (χ3n) is 11.3. The second-order valence-electron chi connectivity index (χ2n) is 16.4. The van der Waals surface area contributed by atoms with Crippen molar-refractivity contribution < 1.29 is 48.1 Å². The number of ether oxygens (including phenoxy) is 4. The number of carbonyl (C=O) groups excluding carboxylic acids is 4. The van der Waals surface area contributed by atoms with Crippen molar-refractivity contribution in [2.75, 3.05) is 6.61 Å². The van der Waals surface area contributed by atoms with E-state index in [2.05, 4.69) is 45.4 Å². The maximum absolute atomic E-state index is 14.8. The van der Waals surface area contributed by atoms with Crippen molar-refractivity contribution in [2.45, 2.75) is 114 Å². The van der Waals surface area contributed by atoms with Crippen LogP contribution in [0.2, 0.25) is 0 Å². The van der Waals surface area contributed by atoms with Gasteiger partial charge in [0, 0.05) is 41.4 Å². The van der Waals surface area contributed by atoms with Crippen molar-refractivity contribution in [3.8, 4) is 0 Å². The van der Waals surface area contributed by atoms with Crippen LogP contribution in [0.4, 0.5) is 0 Å². The first-order valence-corrected chi connectivity index (χ1v) is 20.2. The molecular formula is C42H46IN3O10. The van der Waals surface area contributed by atoms with Crippen LogP contribution in [0, 0.1) is 8.99 Å². The highest BCUT2D eigenvalue weighted by atomic mass is 127. The number of carbonyl (C=O) groups is 4. The summed E-state index contributed by atoms with van der Waals surface area (Å²) >= 11 is 2.24. The molecule has 7 unspecified atom stereocenters. The summed E-state index contributed by atoms with van der Waals surface area (Å²) in [5.74, 6) is -2.75. The minimum absolute atomic E-state index is 0.0339. The first kappa shape index (κ1) is 38.9. The molecule has 5 aliphatic rings. The maximum Gasteiger partial charge on any atom is 0.327 e. The molecule has 3 heterocycles. The van der Waals surface area contributed by atoms with E-state index in [9.17, 15) is 24.3 Å². The molecule has 8 rings (SSSR count). The molecule has 56 heavy (non-hydrogen) atoms. The van der Waals surface area contributed by atoms with Crippen LogP contribution in [0.25, 0.3) is 0 Å². The Morgan fingerprint density at radius 2 is 1.70 bits per heavy atom. The largest absolute Gasteiger partial charge is 0.460 e. The van der Waals surface area contributed by atoms with E-state index in [1.165, 1.54) is 0 Å². The van der Waals surface area contributed by atoms with Crippen LogP contribution in [0.1, 0.15) is 72.6 Å². The zero-order valence-electron chi connectivity index (χ0n) is 31.5. The smallest absolute Gasteiger partial charge is 0.327 e. The van der Waals surface area contributed by atoms with E-state index in [0.717, 1.165) is 20.3 Å². The van der Waals surface area contributed by atoms with Crippen molar-refractivity contribution in [1.82, 2.24) is 15.7 Å². The Balaban J connectivity index is 1.01. The number of fused-ring (bicyclic) bond motifs is 5. The van der Waals surface area contributed by atoms with Crippen LogP contribution in [0.15, 0.2) is 72.8 Å². The summed E-state index contributed by atoms with van der Waals surface area (Å²) in [6.07, 6.45) is -1.40. The SMILES string of the molecule is CC(C)(C)OC(=O)CCC(CO)NC(=O)c1cccc(CNC(=O)C23CC4OC(=O)C2N(Cc2cccc(I)c2)OC3C2OC3(Cc5ccccc5C3)OC42)c1. The van der Waals surface area contributed by atoms with E-state index in [1.807, 2.05) is 36.4 Å². The molecule has 3 aliphatic heterocycles. The number of nitrogens with one attached hydrogen (secondary N) is 2. The second kappa shape index (κ2) is 15.1. The predicted octanol–water partition coefficient (Wildman–Crippen LogP) is 3.90. The molecule has 3 saturated heterocycles. The number of hydrogen-bond donors (Lipinski definition) is 3. The van der Waals surface area contributed by atoms with Crippen LogP contribution in [-0.4, -0.2) is 88.4 Å². The van der Waals surface area contributed by atoms with Gasteiger partial charge < -0.3 is 34.7 Å². The van der Waals surface area contributed by atoms with Crippen LogP contribution in [0.3, 0.4) is 0 Å². The number of esters is 2. The molecule has 2 bridgehead atoms. The van der Waals surface area contributed by atoms with Crippen LogP contribution in [-0.2, 0) is 64.1 Å². The molecule has 1 spiro atoms. The first-order valence-electron chi connectivity index (χ1n) is 19.1. The van der Waals surface area contributed by atoms with Gasteiger partial charge in [-0.2, -0.15) is 5.06 Å². The molecule has 3 N–H and O–H groups in total. The van der Waals surface area contributed by atoms with E-state index in [1.54, 1.807) is 50.1 Å². The molecule has 2 amide bonds. The fraction of sp³-hybridized carbons (Fsp3) is 0.476. The molecule has 0 radical (unpaired) electrons. The standard InChI is InChI=1S/C42H46IN3O10/c1-40(2,3)53-32(48)15-14-30(23-47)45-37(49)26-12-6-8-24(16-26)21-44-39(51)42-20-31-33-34(55-41(54-33)18-27-10-4-5-11-28(27)19-41)36(42)56-46(35(42)38(50)52-31)22-25-9-7-13-29(43)17-25/h4-13,16-17,30-31,33-36,47H,14-15,18-23H2,1-3H3,(H,44,51)(H,45,49). The maximum atomic E-state index is 14.8. The Hall–Kier alpha value is -3.93.